The average Bonchev–Trinajstić information content (AvgIpc) is 2.51. The zero-order valence-electron chi connectivity index (χ0n) is 10.8. The molecule has 0 radical (unpaired) electrons. The number of rotatable bonds is 2. The Labute approximate surface area is 98.4 Å². The standard InChI is InChI=1S/C13H24N2O/c1-10-7-13(8-10,9-14)11(16)15-6-4-5-12(15,2)3/h10H,4-9,14H2,1-3H3. The lowest BCUT2D eigenvalue weighted by molar-refractivity contribution is -0.153. The molecule has 1 amide bonds. The Morgan fingerprint density at radius 2 is 2.06 bits per heavy atom. The maximum absolute atomic E-state index is 12.6. The van der Waals surface area contributed by atoms with E-state index in [9.17, 15) is 4.79 Å². The van der Waals surface area contributed by atoms with Crippen LogP contribution >= 0.6 is 0 Å². The highest BCUT2D eigenvalue weighted by Gasteiger charge is 2.51. The average molecular weight is 224 g/mol. The summed E-state index contributed by atoms with van der Waals surface area (Å²) in [6.07, 6.45) is 4.22. The highest BCUT2D eigenvalue weighted by molar-refractivity contribution is 5.85. The molecule has 1 aliphatic heterocycles. The fraction of sp³-hybridized carbons (Fsp3) is 0.923. The molecule has 1 saturated heterocycles. The summed E-state index contributed by atoms with van der Waals surface area (Å²) < 4.78 is 0. The summed E-state index contributed by atoms with van der Waals surface area (Å²) in [6.45, 7) is 7.98. The number of amides is 1. The SMILES string of the molecule is CC1CC(CN)(C(=O)N2CCCC2(C)C)C1. The van der Waals surface area contributed by atoms with Crippen LogP contribution in [0.4, 0.5) is 0 Å². The van der Waals surface area contributed by atoms with E-state index in [0.717, 1.165) is 32.2 Å². The van der Waals surface area contributed by atoms with Gasteiger partial charge in [0.25, 0.3) is 0 Å². The quantitative estimate of drug-likeness (QED) is 0.777. The molecular weight excluding hydrogens is 200 g/mol. The Kier molecular flexibility index (Phi) is 2.77. The Hall–Kier alpha value is -0.570. The number of nitrogens with zero attached hydrogens (tertiary/aromatic N) is 1. The van der Waals surface area contributed by atoms with E-state index in [2.05, 4.69) is 25.7 Å². The Balaban J connectivity index is 2.13. The zero-order chi connectivity index (χ0) is 12.0. The molecule has 3 heteroatoms. The Morgan fingerprint density at radius 1 is 1.44 bits per heavy atom. The lowest BCUT2D eigenvalue weighted by Crippen LogP contribution is -2.57. The molecular formula is C13H24N2O. The molecule has 0 aromatic carbocycles. The first kappa shape index (κ1) is 11.9. The van der Waals surface area contributed by atoms with Gasteiger partial charge < -0.3 is 10.6 Å². The summed E-state index contributed by atoms with van der Waals surface area (Å²) >= 11 is 0. The highest BCUT2D eigenvalue weighted by Crippen LogP contribution is 2.47. The van der Waals surface area contributed by atoms with Gasteiger partial charge in [0.15, 0.2) is 0 Å². The van der Waals surface area contributed by atoms with Crippen molar-refractivity contribution in [3.05, 3.63) is 0 Å². The van der Waals surface area contributed by atoms with Gasteiger partial charge in [-0.05, 0) is 45.4 Å². The molecule has 0 bridgehead atoms. The number of hydrogen-bond acceptors (Lipinski definition) is 2. The van der Waals surface area contributed by atoms with Gasteiger partial charge in [0.05, 0.1) is 5.41 Å². The Bertz CT molecular complexity index is 292. The van der Waals surface area contributed by atoms with Crippen molar-refractivity contribution in [2.45, 2.75) is 52.0 Å². The van der Waals surface area contributed by atoms with Crippen LogP contribution in [0.15, 0.2) is 0 Å². The third kappa shape index (κ3) is 1.65. The highest BCUT2D eigenvalue weighted by atomic mass is 16.2. The van der Waals surface area contributed by atoms with Crippen LogP contribution < -0.4 is 5.73 Å². The van der Waals surface area contributed by atoms with Gasteiger partial charge in [0, 0.05) is 18.6 Å². The minimum absolute atomic E-state index is 0.0398. The molecule has 3 nitrogen and oxygen atoms in total. The largest absolute Gasteiger partial charge is 0.337 e. The third-order valence-electron chi connectivity index (χ3n) is 4.47. The van der Waals surface area contributed by atoms with Gasteiger partial charge in [0.1, 0.15) is 0 Å². The van der Waals surface area contributed by atoms with E-state index in [1.807, 2.05) is 0 Å². The maximum Gasteiger partial charge on any atom is 0.230 e. The van der Waals surface area contributed by atoms with Crippen LogP contribution in [0.3, 0.4) is 0 Å². The fourth-order valence-electron chi connectivity index (χ4n) is 3.47. The minimum Gasteiger partial charge on any atom is -0.337 e. The molecule has 0 aromatic rings. The predicted molar refractivity (Wildman–Crippen MR) is 64.9 cm³/mol. The van der Waals surface area contributed by atoms with Gasteiger partial charge in [-0.1, -0.05) is 6.92 Å². The molecule has 0 spiro atoms. The van der Waals surface area contributed by atoms with E-state index in [1.165, 1.54) is 0 Å². The molecule has 2 aliphatic rings. The van der Waals surface area contributed by atoms with Crippen LogP contribution in [-0.2, 0) is 4.79 Å². The third-order valence-corrected chi connectivity index (χ3v) is 4.47. The molecule has 0 atom stereocenters. The monoisotopic (exact) mass is 224 g/mol. The first-order chi connectivity index (χ1) is 7.41. The second-order valence-electron chi connectivity index (χ2n) is 6.37. The van der Waals surface area contributed by atoms with Crippen LogP contribution in [0.25, 0.3) is 0 Å². The van der Waals surface area contributed by atoms with Crippen molar-refractivity contribution >= 4 is 5.91 Å². The summed E-state index contributed by atoms with van der Waals surface area (Å²) in [5.74, 6) is 0.980. The van der Waals surface area contributed by atoms with E-state index >= 15 is 0 Å². The lowest BCUT2D eigenvalue weighted by atomic mass is 9.61. The van der Waals surface area contributed by atoms with Gasteiger partial charge >= 0.3 is 0 Å². The molecule has 2 fully saturated rings. The molecule has 0 aromatic heterocycles. The van der Waals surface area contributed by atoms with Crippen molar-refractivity contribution in [3.8, 4) is 0 Å². The summed E-state index contributed by atoms with van der Waals surface area (Å²) in [5, 5.41) is 0. The minimum atomic E-state index is -0.221. The lowest BCUT2D eigenvalue weighted by Gasteiger charge is -2.48. The molecule has 0 unspecified atom stereocenters. The van der Waals surface area contributed by atoms with Gasteiger partial charge in [-0.2, -0.15) is 0 Å². The zero-order valence-corrected chi connectivity index (χ0v) is 10.8. The first-order valence-corrected chi connectivity index (χ1v) is 6.43. The van der Waals surface area contributed by atoms with Gasteiger partial charge in [0.2, 0.25) is 5.91 Å². The summed E-state index contributed by atoms with van der Waals surface area (Å²) in [4.78, 5) is 14.7. The first-order valence-electron chi connectivity index (χ1n) is 6.43. The number of likely N-dealkylation sites (tertiary alicyclic amines) is 1. The van der Waals surface area contributed by atoms with Gasteiger partial charge in [-0.3, -0.25) is 4.79 Å². The number of hydrogen-bond donors (Lipinski definition) is 1. The van der Waals surface area contributed by atoms with E-state index in [-0.39, 0.29) is 11.0 Å². The van der Waals surface area contributed by atoms with Crippen LogP contribution in [0, 0.1) is 11.3 Å². The van der Waals surface area contributed by atoms with Crippen LogP contribution in [0.1, 0.15) is 46.5 Å². The number of carbonyl (C=O) groups excluding carboxylic acids is 1. The van der Waals surface area contributed by atoms with Crippen LogP contribution in [0.5, 0.6) is 0 Å². The summed E-state index contributed by atoms with van der Waals surface area (Å²) in [7, 11) is 0. The van der Waals surface area contributed by atoms with Crippen molar-refractivity contribution in [1.82, 2.24) is 4.90 Å². The smallest absolute Gasteiger partial charge is 0.230 e. The predicted octanol–water partition coefficient (Wildman–Crippen LogP) is 1.76. The number of carbonyl (C=O) groups is 1. The summed E-state index contributed by atoms with van der Waals surface area (Å²) in [6, 6.07) is 0. The molecule has 2 rings (SSSR count). The molecule has 1 heterocycles. The topological polar surface area (TPSA) is 46.3 Å². The van der Waals surface area contributed by atoms with Gasteiger partial charge in [-0.25, -0.2) is 0 Å². The van der Waals surface area contributed by atoms with E-state index in [4.69, 9.17) is 5.73 Å². The molecule has 16 heavy (non-hydrogen) atoms. The van der Waals surface area contributed by atoms with Crippen molar-refractivity contribution in [1.29, 1.82) is 0 Å². The summed E-state index contributed by atoms with van der Waals surface area (Å²) in [5.41, 5.74) is 5.66. The molecule has 92 valence electrons. The Morgan fingerprint density at radius 3 is 2.44 bits per heavy atom. The van der Waals surface area contributed by atoms with Crippen LogP contribution in [-0.4, -0.2) is 29.4 Å². The maximum atomic E-state index is 12.6. The number of nitrogens with two attached hydrogens (primary N) is 1. The second kappa shape index (κ2) is 3.73. The fourth-order valence-corrected chi connectivity index (χ4v) is 3.47. The van der Waals surface area contributed by atoms with Crippen molar-refractivity contribution < 1.29 is 4.79 Å². The van der Waals surface area contributed by atoms with Crippen molar-refractivity contribution in [3.63, 3.8) is 0 Å². The van der Waals surface area contributed by atoms with E-state index < -0.39 is 0 Å². The van der Waals surface area contributed by atoms with E-state index in [0.29, 0.717) is 18.4 Å². The second-order valence-corrected chi connectivity index (χ2v) is 6.37. The van der Waals surface area contributed by atoms with Crippen molar-refractivity contribution in [2.75, 3.05) is 13.1 Å². The molecule has 1 aliphatic carbocycles. The molecule has 2 N–H and O–H groups in total. The molecule has 1 saturated carbocycles. The van der Waals surface area contributed by atoms with Crippen molar-refractivity contribution in [2.24, 2.45) is 17.1 Å². The normalized spacial score (nSPS) is 37.2. The van der Waals surface area contributed by atoms with E-state index in [1.54, 1.807) is 0 Å². The van der Waals surface area contributed by atoms with Gasteiger partial charge in [-0.15, -0.1) is 0 Å². The van der Waals surface area contributed by atoms with Crippen LogP contribution in [0.2, 0.25) is 0 Å².